The molecule has 0 aliphatic heterocycles. The molecule has 0 unspecified atom stereocenters. The Kier molecular flexibility index (Phi) is 9.21. The summed E-state index contributed by atoms with van der Waals surface area (Å²) in [4.78, 5) is 35.9. The predicted molar refractivity (Wildman–Crippen MR) is 142 cm³/mol. The van der Waals surface area contributed by atoms with Crippen molar-refractivity contribution in [3.63, 3.8) is 0 Å². The number of anilines is 1. The Balaban J connectivity index is 1.72. The molecule has 10 nitrogen and oxygen atoms in total. The molecule has 1 heterocycles. The van der Waals surface area contributed by atoms with Crippen LogP contribution in [-0.2, 0) is 11.3 Å². The lowest BCUT2D eigenvalue weighted by atomic mass is 10.0. The van der Waals surface area contributed by atoms with Gasteiger partial charge in [-0.15, -0.1) is 10.2 Å². The van der Waals surface area contributed by atoms with E-state index in [1.165, 1.54) is 36.0 Å². The van der Waals surface area contributed by atoms with E-state index in [0.717, 1.165) is 10.0 Å². The largest absolute Gasteiger partial charge is 0.342 e. The van der Waals surface area contributed by atoms with Crippen molar-refractivity contribution in [2.45, 2.75) is 45.4 Å². The standard InChI is InChI=1S/C24H27BrN6O4S/c1-5-30-22(21(14(2)3)27-23(33)16-7-6-8-18(12-16)31(34)35)28-29-24(30)36-13-20(32)26-17-9-10-19(25)15(4)11-17/h6-12,14,21H,5,13H2,1-4H3,(H,26,32)(H,27,33)/t21-/m0/s1. The molecule has 0 spiro atoms. The number of hydrogen-bond donors (Lipinski definition) is 2. The van der Waals surface area contributed by atoms with E-state index in [2.05, 4.69) is 36.8 Å². The van der Waals surface area contributed by atoms with Gasteiger partial charge in [0.2, 0.25) is 5.91 Å². The predicted octanol–water partition coefficient (Wildman–Crippen LogP) is 5.14. The zero-order valence-corrected chi connectivity index (χ0v) is 22.7. The lowest BCUT2D eigenvalue weighted by Gasteiger charge is -2.22. The van der Waals surface area contributed by atoms with Crippen LogP contribution in [-0.4, -0.2) is 37.3 Å². The van der Waals surface area contributed by atoms with Crippen molar-refractivity contribution in [2.75, 3.05) is 11.1 Å². The number of aryl methyl sites for hydroxylation is 1. The van der Waals surface area contributed by atoms with Crippen LogP contribution in [0, 0.1) is 23.0 Å². The van der Waals surface area contributed by atoms with Crippen LogP contribution in [0.4, 0.5) is 11.4 Å². The fourth-order valence-electron chi connectivity index (χ4n) is 3.50. The van der Waals surface area contributed by atoms with Gasteiger partial charge in [0.1, 0.15) is 0 Å². The maximum Gasteiger partial charge on any atom is 0.270 e. The lowest BCUT2D eigenvalue weighted by Crippen LogP contribution is -2.33. The average molecular weight is 575 g/mol. The van der Waals surface area contributed by atoms with Crippen molar-refractivity contribution >= 4 is 50.9 Å². The molecule has 0 aliphatic carbocycles. The van der Waals surface area contributed by atoms with E-state index in [1.807, 2.05) is 50.5 Å². The van der Waals surface area contributed by atoms with Crippen LogP contribution in [0.3, 0.4) is 0 Å². The number of carbonyl (C=O) groups excluding carboxylic acids is 2. The molecule has 190 valence electrons. The summed E-state index contributed by atoms with van der Waals surface area (Å²) in [6.07, 6.45) is 0. The Morgan fingerprint density at radius 3 is 2.58 bits per heavy atom. The molecular weight excluding hydrogens is 548 g/mol. The van der Waals surface area contributed by atoms with Crippen LogP contribution in [0.25, 0.3) is 0 Å². The van der Waals surface area contributed by atoms with Gasteiger partial charge in [-0.1, -0.05) is 47.6 Å². The highest BCUT2D eigenvalue weighted by molar-refractivity contribution is 9.10. The quantitative estimate of drug-likeness (QED) is 0.195. The van der Waals surface area contributed by atoms with E-state index in [9.17, 15) is 19.7 Å². The summed E-state index contributed by atoms with van der Waals surface area (Å²) in [5, 5.41) is 26.0. The van der Waals surface area contributed by atoms with Gasteiger partial charge in [-0.25, -0.2) is 0 Å². The van der Waals surface area contributed by atoms with Gasteiger partial charge in [0.05, 0.1) is 16.7 Å². The number of thioether (sulfide) groups is 1. The molecule has 0 saturated heterocycles. The van der Waals surface area contributed by atoms with E-state index >= 15 is 0 Å². The normalized spacial score (nSPS) is 11.8. The zero-order valence-electron chi connectivity index (χ0n) is 20.3. The SMILES string of the molecule is CCn1c(SCC(=O)Nc2ccc(Br)c(C)c2)nnc1[C@@H](NC(=O)c1cccc([N+](=O)[O-])c1)C(C)C. The molecule has 0 aliphatic rings. The molecule has 0 saturated carbocycles. The highest BCUT2D eigenvalue weighted by atomic mass is 79.9. The highest BCUT2D eigenvalue weighted by Gasteiger charge is 2.26. The van der Waals surface area contributed by atoms with Gasteiger partial charge in [-0.3, -0.25) is 19.7 Å². The number of nitro groups is 1. The summed E-state index contributed by atoms with van der Waals surface area (Å²) in [7, 11) is 0. The molecule has 36 heavy (non-hydrogen) atoms. The van der Waals surface area contributed by atoms with Crippen LogP contribution < -0.4 is 10.6 Å². The maximum absolute atomic E-state index is 12.9. The topological polar surface area (TPSA) is 132 Å². The minimum atomic E-state index is -0.540. The maximum atomic E-state index is 12.9. The summed E-state index contributed by atoms with van der Waals surface area (Å²) in [6.45, 7) is 8.29. The first-order valence-electron chi connectivity index (χ1n) is 11.3. The number of halogens is 1. The van der Waals surface area contributed by atoms with E-state index in [1.54, 1.807) is 0 Å². The molecule has 1 atom stereocenters. The lowest BCUT2D eigenvalue weighted by molar-refractivity contribution is -0.384. The summed E-state index contributed by atoms with van der Waals surface area (Å²) in [5.41, 5.74) is 1.76. The molecule has 12 heteroatoms. The van der Waals surface area contributed by atoms with Gasteiger partial charge in [-0.2, -0.15) is 0 Å². The second kappa shape index (κ2) is 12.1. The Hall–Kier alpha value is -3.25. The fraction of sp³-hybridized carbons (Fsp3) is 0.333. The van der Waals surface area contributed by atoms with Crippen LogP contribution in [0.1, 0.15) is 48.6 Å². The first-order chi connectivity index (χ1) is 17.1. The molecular formula is C24H27BrN6O4S. The average Bonchev–Trinajstić information content (AvgIpc) is 3.25. The molecule has 1 aromatic heterocycles. The van der Waals surface area contributed by atoms with Crippen LogP contribution >= 0.6 is 27.7 Å². The Labute approximate surface area is 221 Å². The third-order valence-corrected chi connectivity index (χ3v) is 7.24. The number of rotatable bonds is 10. The molecule has 0 fully saturated rings. The number of amides is 2. The van der Waals surface area contributed by atoms with E-state index in [0.29, 0.717) is 23.2 Å². The number of hydrogen-bond acceptors (Lipinski definition) is 7. The Morgan fingerprint density at radius 2 is 1.94 bits per heavy atom. The molecule has 2 aromatic carbocycles. The molecule has 3 aromatic rings. The van der Waals surface area contributed by atoms with Crippen LogP contribution in [0.15, 0.2) is 52.1 Å². The third-order valence-electron chi connectivity index (χ3n) is 5.39. The fourth-order valence-corrected chi connectivity index (χ4v) is 4.55. The number of benzene rings is 2. The third kappa shape index (κ3) is 6.70. The van der Waals surface area contributed by atoms with Crippen LogP contribution in [0.2, 0.25) is 0 Å². The first kappa shape index (κ1) is 27.3. The minimum Gasteiger partial charge on any atom is -0.342 e. The van der Waals surface area contributed by atoms with Crippen molar-refractivity contribution in [3.8, 4) is 0 Å². The van der Waals surface area contributed by atoms with Crippen molar-refractivity contribution in [1.82, 2.24) is 20.1 Å². The van der Waals surface area contributed by atoms with Crippen LogP contribution in [0.5, 0.6) is 0 Å². The minimum absolute atomic E-state index is 0.0380. The van der Waals surface area contributed by atoms with Gasteiger partial charge >= 0.3 is 0 Å². The number of nitrogens with zero attached hydrogens (tertiary/aromatic N) is 4. The summed E-state index contributed by atoms with van der Waals surface area (Å²) in [5.74, 6) is 0.0380. The van der Waals surface area contributed by atoms with Gasteiger partial charge < -0.3 is 15.2 Å². The van der Waals surface area contributed by atoms with E-state index in [4.69, 9.17) is 0 Å². The number of aromatic nitrogens is 3. The number of non-ortho nitro benzene ring substituents is 1. The second-order valence-electron chi connectivity index (χ2n) is 8.39. The molecule has 0 bridgehead atoms. The number of carbonyl (C=O) groups is 2. The number of nitro benzene ring substituents is 1. The first-order valence-corrected chi connectivity index (χ1v) is 13.1. The molecule has 2 N–H and O–H groups in total. The smallest absolute Gasteiger partial charge is 0.270 e. The zero-order chi connectivity index (χ0) is 26.4. The monoisotopic (exact) mass is 574 g/mol. The van der Waals surface area contributed by atoms with Crippen molar-refractivity contribution in [1.29, 1.82) is 0 Å². The second-order valence-corrected chi connectivity index (χ2v) is 10.2. The van der Waals surface area contributed by atoms with Crippen molar-refractivity contribution in [3.05, 3.63) is 74.0 Å². The number of nitrogens with one attached hydrogen (secondary N) is 2. The van der Waals surface area contributed by atoms with Crippen molar-refractivity contribution < 1.29 is 14.5 Å². The summed E-state index contributed by atoms with van der Waals surface area (Å²) in [6, 6.07) is 10.7. The summed E-state index contributed by atoms with van der Waals surface area (Å²) < 4.78 is 2.83. The highest BCUT2D eigenvalue weighted by Crippen LogP contribution is 2.26. The van der Waals surface area contributed by atoms with Gasteiger partial charge in [0.25, 0.3) is 11.6 Å². The molecule has 2 amide bonds. The van der Waals surface area contributed by atoms with Crippen molar-refractivity contribution in [2.24, 2.45) is 5.92 Å². The van der Waals surface area contributed by atoms with Gasteiger partial charge in [-0.05, 0) is 49.6 Å². The molecule has 0 radical (unpaired) electrons. The molecule has 3 rings (SSSR count). The summed E-state index contributed by atoms with van der Waals surface area (Å²) >= 11 is 4.70. The van der Waals surface area contributed by atoms with Gasteiger partial charge in [0.15, 0.2) is 11.0 Å². The Bertz CT molecular complexity index is 1280. The van der Waals surface area contributed by atoms with E-state index in [-0.39, 0.29) is 28.8 Å². The van der Waals surface area contributed by atoms with E-state index < -0.39 is 16.9 Å². The van der Waals surface area contributed by atoms with Gasteiger partial charge in [0, 0.05) is 34.4 Å². The Morgan fingerprint density at radius 1 is 1.19 bits per heavy atom.